The largest absolute Gasteiger partial charge is 0.492 e. The Morgan fingerprint density at radius 3 is 2.62 bits per heavy atom. The molecule has 2 bridgehead atoms. The Kier molecular flexibility index (Phi) is 6.90. The van der Waals surface area contributed by atoms with Gasteiger partial charge in [0.2, 0.25) is 0 Å². The average Bonchev–Trinajstić information content (AvgIpc) is 3.72. The summed E-state index contributed by atoms with van der Waals surface area (Å²) in [6.45, 7) is 8.95. The fraction of sp³-hybridized carbons (Fsp3) is 0.400. The summed E-state index contributed by atoms with van der Waals surface area (Å²) in [6, 6.07) is 11.5. The third-order valence-electron chi connectivity index (χ3n) is 7.42. The van der Waals surface area contributed by atoms with E-state index in [1.54, 1.807) is 29.0 Å². The molecular formula is C30H33N7O3. The molecule has 2 amide bonds. The van der Waals surface area contributed by atoms with Gasteiger partial charge in [-0.15, -0.1) is 5.10 Å². The van der Waals surface area contributed by atoms with Crippen molar-refractivity contribution in [3.63, 3.8) is 0 Å². The van der Waals surface area contributed by atoms with Gasteiger partial charge in [0.05, 0.1) is 5.56 Å². The van der Waals surface area contributed by atoms with Crippen LogP contribution < -0.4 is 15.4 Å². The van der Waals surface area contributed by atoms with E-state index >= 15 is 0 Å². The second-order valence-electron chi connectivity index (χ2n) is 11.5. The van der Waals surface area contributed by atoms with Gasteiger partial charge in [0, 0.05) is 54.6 Å². The molecule has 0 spiro atoms. The zero-order chi connectivity index (χ0) is 27.7. The smallest absolute Gasteiger partial charge is 0.326 e. The van der Waals surface area contributed by atoms with Gasteiger partial charge in [-0.05, 0) is 49.4 Å². The number of piperidine rings is 1. The van der Waals surface area contributed by atoms with Gasteiger partial charge in [0.15, 0.2) is 17.3 Å². The molecule has 10 nitrogen and oxygen atoms in total. The SMILES string of the molecule is CC(C)(C)c1cc(NC(=O)Nc2cc3ncc(C#Cc4ccc(OCCN5CC6CCC5C6)cc4)cn3n2)no1. The third kappa shape index (κ3) is 5.95. The number of urea groups is 1. The average molecular weight is 540 g/mol. The van der Waals surface area contributed by atoms with E-state index in [9.17, 15) is 4.79 Å². The Hall–Kier alpha value is -4.36. The number of nitrogens with zero attached hydrogens (tertiary/aromatic N) is 5. The van der Waals surface area contributed by atoms with E-state index in [0.717, 1.165) is 29.8 Å². The molecule has 1 aliphatic heterocycles. The van der Waals surface area contributed by atoms with Crippen LogP contribution in [0.25, 0.3) is 5.65 Å². The summed E-state index contributed by atoms with van der Waals surface area (Å²) >= 11 is 0. The molecular weight excluding hydrogens is 506 g/mol. The minimum Gasteiger partial charge on any atom is -0.492 e. The number of rotatable bonds is 6. The fourth-order valence-electron chi connectivity index (χ4n) is 5.31. The van der Waals surface area contributed by atoms with Crippen LogP contribution in [0.2, 0.25) is 0 Å². The lowest BCUT2D eigenvalue weighted by molar-refractivity contribution is 0.172. The predicted molar refractivity (Wildman–Crippen MR) is 151 cm³/mol. The summed E-state index contributed by atoms with van der Waals surface area (Å²) in [5, 5.41) is 13.6. The van der Waals surface area contributed by atoms with E-state index in [4.69, 9.17) is 9.26 Å². The summed E-state index contributed by atoms with van der Waals surface area (Å²) in [7, 11) is 0. The molecule has 40 heavy (non-hydrogen) atoms. The number of hydrogen-bond acceptors (Lipinski definition) is 7. The molecule has 6 rings (SSSR count). The van der Waals surface area contributed by atoms with Gasteiger partial charge in [0.1, 0.15) is 18.1 Å². The van der Waals surface area contributed by atoms with Crippen molar-refractivity contribution >= 4 is 23.3 Å². The van der Waals surface area contributed by atoms with Crippen molar-refractivity contribution in [1.29, 1.82) is 0 Å². The lowest BCUT2D eigenvalue weighted by Gasteiger charge is -2.26. The van der Waals surface area contributed by atoms with Crippen molar-refractivity contribution in [2.75, 3.05) is 30.3 Å². The van der Waals surface area contributed by atoms with Gasteiger partial charge >= 0.3 is 6.03 Å². The van der Waals surface area contributed by atoms with Crippen molar-refractivity contribution < 1.29 is 14.1 Å². The van der Waals surface area contributed by atoms with Gasteiger partial charge in [-0.2, -0.15) is 0 Å². The van der Waals surface area contributed by atoms with E-state index < -0.39 is 6.03 Å². The predicted octanol–water partition coefficient (Wildman–Crippen LogP) is 4.92. The van der Waals surface area contributed by atoms with Crippen molar-refractivity contribution in [2.24, 2.45) is 5.92 Å². The zero-order valence-corrected chi connectivity index (χ0v) is 23.0. The molecule has 1 aromatic carbocycles. The Bertz CT molecular complexity index is 1570. The maximum Gasteiger partial charge on any atom is 0.326 e. The quantitative estimate of drug-likeness (QED) is 0.335. The first-order valence-electron chi connectivity index (χ1n) is 13.7. The zero-order valence-electron chi connectivity index (χ0n) is 23.0. The number of benzene rings is 1. The molecule has 206 valence electrons. The number of carbonyl (C=O) groups excluding carboxylic acids is 1. The molecule has 1 saturated heterocycles. The summed E-state index contributed by atoms with van der Waals surface area (Å²) in [5.41, 5.74) is 1.96. The van der Waals surface area contributed by atoms with Gasteiger partial charge < -0.3 is 9.26 Å². The lowest BCUT2D eigenvalue weighted by atomic mass is 9.93. The number of amides is 2. The highest BCUT2D eigenvalue weighted by atomic mass is 16.5. The fourth-order valence-corrected chi connectivity index (χ4v) is 5.31. The number of fused-ring (bicyclic) bond motifs is 3. The van der Waals surface area contributed by atoms with E-state index in [1.165, 1.54) is 25.8 Å². The molecule has 2 unspecified atom stereocenters. The van der Waals surface area contributed by atoms with Gasteiger partial charge in [-0.3, -0.25) is 15.5 Å². The number of aromatic nitrogens is 4. The Morgan fingerprint density at radius 1 is 1.10 bits per heavy atom. The highest BCUT2D eigenvalue weighted by molar-refractivity contribution is 5.98. The van der Waals surface area contributed by atoms with E-state index in [-0.39, 0.29) is 5.41 Å². The van der Waals surface area contributed by atoms with E-state index in [1.807, 2.05) is 45.0 Å². The van der Waals surface area contributed by atoms with Crippen molar-refractivity contribution in [3.05, 3.63) is 65.7 Å². The molecule has 3 aromatic heterocycles. The summed E-state index contributed by atoms with van der Waals surface area (Å²) in [6.07, 6.45) is 7.57. The maximum absolute atomic E-state index is 12.4. The highest BCUT2D eigenvalue weighted by Crippen LogP contribution is 2.37. The van der Waals surface area contributed by atoms with Crippen molar-refractivity contribution in [1.82, 2.24) is 24.7 Å². The van der Waals surface area contributed by atoms with Gasteiger partial charge in [-0.1, -0.05) is 37.8 Å². The van der Waals surface area contributed by atoms with Crippen LogP contribution in [-0.4, -0.2) is 56.4 Å². The number of nitrogens with one attached hydrogen (secondary N) is 2. The number of anilines is 2. The Balaban J connectivity index is 1.02. The van der Waals surface area contributed by atoms with Crippen LogP contribution in [0.15, 0.2) is 53.3 Å². The molecule has 1 saturated carbocycles. The molecule has 2 atom stereocenters. The van der Waals surface area contributed by atoms with Crippen molar-refractivity contribution in [2.45, 2.75) is 51.5 Å². The van der Waals surface area contributed by atoms with E-state index in [2.05, 4.69) is 42.6 Å². The molecule has 2 fully saturated rings. The molecule has 2 N–H and O–H groups in total. The standard InChI is InChI=1S/C30H33N7O3/c1-30(2,3)25-15-27(35-40-25)33-29(38)32-26-16-28-31-17-22(19-37(28)34-26)5-4-20-7-10-24(11-8-20)39-13-12-36-18-21-6-9-23(36)14-21/h7-8,10-11,15-17,19,21,23H,6,9,12-14,18H2,1-3H3,(H2,32,33,34,35,38). The second kappa shape index (κ2) is 10.7. The Labute approximate surface area is 233 Å². The third-order valence-corrected chi connectivity index (χ3v) is 7.42. The highest BCUT2D eigenvalue weighted by Gasteiger charge is 2.37. The lowest BCUT2D eigenvalue weighted by Crippen LogP contribution is -2.35. The van der Waals surface area contributed by atoms with Gasteiger partial charge in [-0.25, -0.2) is 14.3 Å². The monoisotopic (exact) mass is 539 g/mol. The number of ether oxygens (including phenoxy) is 1. The minimum atomic E-state index is -0.479. The van der Waals surface area contributed by atoms with Crippen LogP contribution in [0.1, 0.15) is 56.9 Å². The Morgan fingerprint density at radius 2 is 1.90 bits per heavy atom. The molecule has 0 radical (unpaired) electrons. The van der Waals surface area contributed by atoms with Crippen LogP contribution in [0.4, 0.5) is 16.4 Å². The number of hydrogen-bond donors (Lipinski definition) is 2. The summed E-state index contributed by atoms with van der Waals surface area (Å²) in [5.74, 6) is 9.41. The molecule has 1 aliphatic carbocycles. The first-order chi connectivity index (χ1) is 19.3. The summed E-state index contributed by atoms with van der Waals surface area (Å²) in [4.78, 5) is 19.4. The first-order valence-corrected chi connectivity index (χ1v) is 13.7. The molecule has 10 heteroatoms. The molecule has 2 aliphatic rings. The molecule has 4 aromatic rings. The van der Waals surface area contributed by atoms with Crippen LogP contribution >= 0.6 is 0 Å². The summed E-state index contributed by atoms with van der Waals surface area (Å²) < 4.78 is 12.8. The second-order valence-corrected chi connectivity index (χ2v) is 11.5. The first kappa shape index (κ1) is 25.9. The number of carbonyl (C=O) groups is 1. The minimum absolute atomic E-state index is 0.207. The van der Waals surface area contributed by atoms with E-state index in [0.29, 0.717) is 35.2 Å². The van der Waals surface area contributed by atoms with Gasteiger partial charge in [0.25, 0.3) is 0 Å². The van der Waals surface area contributed by atoms with Crippen LogP contribution in [-0.2, 0) is 5.41 Å². The number of likely N-dealkylation sites (tertiary alicyclic amines) is 1. The topological polar surface area (TPSA) is 110 Å². The maximum atomic E-state index is 12.4. The molecule has 4 heterocycles. The normalized spacial score (nSPS) is 18.5. The van der Waals surface area contributed by atoms with Crippen LogP contribution in [0.3, 0.4) is 0 Å². The van der Waals surface area contributed by atoms with Crippen LogP contribution in [0, 0.1) is 17.8 Å². The van der Waals surface area contributed by atoms with Crippen molar-refractivity contribution in [3.8, 4) is 17.6 Å². The van der Waals surface area contributed by atoms with Crippen LogP contribution in [0.5, 0.6) is 5.75 Å².